The number of fused-ring (bicyclic) bond motifs is 1. The number of alkyl carbamates (subject to hydrolysis) is 2. The molecular weight excluding hydrogens is 1050 g/mol. The summed E-state index contributed by atoms with van der Waals surface area (Å²) in [5.41, 5.74) is 0.416. The molecule has 7 aromatic rings. The first-order valence-electron chi connectivity index (χ1n) is 24.6. The summed E-state index contributed by atoms with van der Waals surface area (Å²) in [5.74, 6) is -0.370. The van der Waals surface area contributed by atoms with Gasteiger partial charge >= 0.3 is 18.2 Å². The maximum atomic E-state index is 16.3. The SMILES string of the molecule is CCOC(=O)C(NC(=O)OC(C)(C)C)c1nc2c(-c3ccc(S(=O)(=O)CCNC(=O)OC(C)(C)C)c(S(=O)(=O)N(Cc4ccc(OC)cc4)Cc4ccc(OC)cc4)c3-c3nnn(Cc4ccc(OC)cc4)n3)cccc2[nH]1. The number of sulfone groups is 1. The third kappa shape index (κ3) is 14.3. The number of imidazole rings is 1. The van der Waals surface area contributed by atoms with Crippen LogP contribution in [0.3, 0.4) is 0 Å². The number of H-pyrrole nitrogens is 1. The normalized spacial score (nSPS) is 12.4. The van der Waals surface area contributed by atoms with E-state index in [2.05, 4.69) is 25.9 Å². The lowest BCUT2D eigenvalue weighted by Crippen LogP contribution is -2.39. The van der Waals surface area contributed by atoms with Crippen LogP contribution in [0.4, 0.5) is 9.59 Å². The highest BCUT2D eigenvalue weighted by Crippen LogP contribution is 2.43. The lowest BCUT2D eigenvalue weighted by molar-refractivity contribution is -0.146. The largest absolute Gasteiger partial charge is 0.497 e. The molecule has 0 saturated carbocycles. The van der Waals surface area contributed by atoms with Crippen molar-refractivity contribution in [2.24, 2.45) is 0 Å². The Morgan fingerprint density at radius 3 is 1.79 bits per heavy atom. The number of sulfonamides is 1. The molecule has 2 heterocycles. The number of nitrogens with one attached hydrogen (secondary N) is 3. The summed E-state index contributed by atoms with van der Waals surface area (Å²) in [7, 11) is -5.25. The van der Waals surface area contributed by atoms with Gasteiger partial charge in [0.25, 0.3) is 0 Å². The molecule has 2 amide bonds. The zero-order chi connectivity index (χ0) is 56.6. The minimum Gasteiger partial charge on any atom is -0.497 e. The minimum absolute atomic E-state index is 0.0379. The summed E-state index contributed by atoms with van der Waals surface area (Å²) in [5, 5.41) is 18.5. The van der Waals surface area contributed by atoms with Crippen molar-refractivity contribution in [3.63, 3.8) is 0 Å². The fraction of sp³-hybridized carbons (Fsp3) is 0.352. The molecule has 0 aliphatic carbocycles. The van der Waals surface area contributed by atoms with Gasteiger partial charge in [-0.05, 0) is 124 Å². The number of ether oxygens (including phenoxy) is 6. The van der Waals surface area contributed by atoms with Gasteiger partial charge in [-0.1, -0.05) is 54.6 Å². The van der Waals surface area contributed by atoms with Gasteiger partial charge in [0, 0.05) is 25.2 Å². The van der Waals surface area contributed by atoms with Crippen molar-refractivity contribution in [3.05, 3.63) is 126 Å². The maximum absolute atomic E-state index is 16.3. The smallest absolute Gasteiger partial charge is 0.408 e. The molecule has 0 fully saturated rings. The maximum Gasteiger partial charge on any atom is 0.408 e. The Morgan fingerprint density at radius 2 is 1.26 bits per heavy atom. The molecule has 1 unspecified atom stereocenters. The molecular formula is C54H63N9O13S2. The molecule has 24 heteroatoms. The molecule has 7 rings (SSSR count). The molecule has 0 bridgehead atoms. The van der Waals surface area contributed by atoms with Gasteiger partial charge in [-0.15, -0.1) is 10.2 Å². The Morgan fingerprint density at radius 1 is 0.705 bits per heavy atom. The second-order valence-corrected chi connectivity index (χ2v) is 23.6. The van der Waals surface area contributed by atoms with Crippen LogP contribution in [-0.4, -0.2) is 121 Å². The molecule has 5 aromatic carbocycles. The van der Waals surface area contributed by atoms with Crippen molar-refractivity contribution in [2.45, 2.75) is 95.1 Å². The lowest BCUT2D eigenvalue weighted by atomic mass is 9.98. The predicted molar refractivity (Wildman–Crippen MR) is 288 cm³/mol. The zero-order valence-electron chi connectivity index (χ0n) is 44.9. The van der Waals surface area contributed by atoms with Crippen LogP contribution in [0.25, 0.3) is 33.5 Å². The van der Waals surface area contributed by atoms with E-state index in [4.69, 9.17) is 38.5 Å². The van der Waals surface area contributed by atoms with E-state index in [1.54, 1.807) is 139 Å². The third-order valence-corrected chi connectivity index (χ3v) is 15.3. The van der Waals surface area contributed by atoms with Crippen molar-refractivity contribution in [2.75, 3.05) is 40.2 Å². The highest BCUT2D eigenvalue weighted by molar-refractivity contribution is 7.93. The molecule has 0 saturated heterocycles. The van der Waals surface area contributed by atoms with Gasteiger partial charge in [0.05, 0.1) is 61.7 Å². The Kier molecular flexibility index (Phi) is 17.8. The number of carbonyl (C=O) groups excluding carboxylic acids is 3. The van der Waals surface area contributed by atoms with E-state index >= 15 is 16.8 Å². The second-order valence-electron chi connectivity index (χ2n) is 19.7. The van der Waals surface area contributed by atoms with E-state index in [1.807, 2.05) is 0 Å². The number of nitrogens with zero attached hydrogens (tertiary/aromatic N) is 6. The number of rotatable bonds is 21. The Balaban J connectivity index is 1.51. The lowest BCUT2D eigenvalue weighted by Gasteiger charge is -2.26. The average Bonchev–Trinajstić information content (AvgIpc) is 4.08. The molecule has 414 valence electrons. The van der Waals surface area contributed by atoms with Crippen molar-refractivity contribution in [1.82, 2.24) is 45.1 Å². The Labute approximate surface area is 452 Å². The monoisotopic (exact) mass is 1110 g/mol. The van der Waals surface area contributed by atoms with Crippen LogP contribution in [0.1, 0.15) is 77.0 Å². The number of benzene rings is 5. The number of carbonyl (C=O) groups is 3. The third-order valence-electron chi connectivity index (χ3n) is 11.6. The van der Waals surface area contributed by atoms with Crippen LogP contribution in [0.15, 0.2) is 113 Å². The van der Waals surface area contributed by atoms with Crippen molar-refractivity contribution < 1.29 is 59.6 Å². The number of methoxy groups -OCH3 is 3. The Bertz CT molecular complexity index is 3430. The quantitative estimate of drug-likeness (QED) is 0.0458. The average molecular weight is 1110 g/mol. The number of hydrogen-bond acceptors (Lipinski definition) is 17. The first-order chi connectivity index (χ1) is 36.9. The predicted octanol–water partition coefficient (Wildman–Crippen LogP) is 7.78. The highest BCUT2D eigenvalue weighted by atomic mass is 32.2. The fourth-order valence-electron chi connectivity index (χ4n) is 8.05. The van der Waals surface area contributed by atoms with Crippen molar-refractivity contribution in [3.8, 4) is 39.8 Å². The van der Waals surface area contributed by atoms with Crippen LogP contribution in [0.5, 0.6) is 17.2 Å². The minimum atomic E-state index is -5.08. The number of esters is 1. The highest BCUT2D eigenvalue weighted by Gasteiger charge is 2.39. The molecule has 1 atom stereocenters. The summed E-state index contributed by atoms with van der Waals surface area (Å²) >= 11 is 0. The fourth-order valence-corrected chi connectivity index (χ4v) is 11.7. The number of aromatic amines is 1. The summed E-state index contributed by atoms with van der Waals surface area (Å²) in [6.07, 6.45) is -1.82. The molecule has 0 radical (unpaired) electrons. The molecule has 78 heavy (non-hydrogen) atoms. The van der Waals surface area contributed by atoms with Gasteiger partial charge in [-0.2, -0.15) is 9.10 Å². The topological polar surface area (TPSA) is 274 Å². The number of para-hydroxylation sites is 1. The number of amides is 2. The summed E-state index contributed by atoms with van der Waals surface area (Å²) in [6.45, 7) is 10.5. The molecule has 0 spiro atoms. The molecule has 0 aliphatic rings. The molecule has 2 aromatic heterocycles. The Hall–Kier alpha value is -8.09. The van der Waals surface area contributed by atoms with Crippen LogP contribution in [-0.2, 0) is 58.5 Å². The first-order valence-corrected chi connectivity index (χ1v) is 27.7. The van der Waals surface area contributed by atoms with Crippen molar-refractivity contribution in [1.29, 1.82) is 0 Å². The van der Waals surface area contributed by atoms with Gasteiger partial charge in [0.15, 0.2) is 15.9 Å². The van der Waals surface area contributed by atoms with Crippen LogP contribution >= 0.6 is 0 Å². The van der Waals surface area contributed by atoms with Crippen LogP contribution in [0.2, 0.25) is 0 Å². The van der Waals surface area contributed by atoms with Gasteiger partial charge in [0.2, 0.25) is 15.8 Å². The van der Waals surface area contributed by atoms with E-state index in [9.17, 15) is 14.4 Å². The van der Waals surface area contributed by atoms with Gasteiger partial charge in [0.1, 0.15) is 39.2 Å². The molecule has 22 nitrogen and oxygen atoms in total. The first kappa shape index (κ1) is 57.6. The van der Waals surface area contributed by atoms with E-state index in [1.165, 1.54) is 38.3 Å². The zero-order valence-corrected chi connectivity index (χ0v) is 46.6. The molecule has 0 aliphatic heterocycles. The summed E-state index contributed by atoms with van der Waals surface area (Å²) < 4.78 is 96.3. The summed E-state index contributed by atoms with van der Waals surface area (Å²) in [4.78, 5) is 47.4. The second kappa shape index (κ2) is 24.1. The number of tetrazole rings is 1. The summed E-state index contributed by atoms with van der Waals surface area (Å²) in [6, 6.07) is 26.5. The van der Waals surface area contributed by atoms with Crippen LogP contribution in [0, 0.1) is 0 Å². The molecule has 3 N–H and O–H groups in total. The van der Waals surface area contributed by atoms with Gasteiger partial charge in [-0.3, -0.25) is 0 Å². The van der Waals surface area contributed by atoms with Crippen molar-refractivity contribution >= 4 is 49.0 Å². The van der Waals surface area contributed by atoms with Crippen LogP contribution < -0.4 is 24.8 Å². The van der Waals surface area contributed by atoms with E-state index in [0.29, 0.717) is 33.9 Å². The van der Waals surface area contributed by atoms with E-state index in [-0.39, 0.29) is 60.1 Å². The van der Waals surface area contributed by atoms with E-state index in [0.717, 1.165) is 9.87 Å². The number of aromatic nitrogens is 6. The van der Waals surface area contributed by atoms with Gasteiger partial charge in [-0.25, -0.2) is 36.2 Å². The van der Waals surface area contributed by atoms with E-state index < -0.39 is 77.3 Å². The van der Waals surface area contributed by atoms with Gasteiger partial charge < -0.3 is 44.0 Å². The standard InChI is InChI=1S/C54H63N9O13S2/c1-11-74-50(64)46(58-52(66)76-54(5,6)7)49-56-42-14-12-13-41(45(42)57-49)40-27-28-43(77(67,68)30-29-55-51(65)75-53(2,3)4)47(44(40)48-59-61-63(60-48)33-36-19-25-39(73-10)26-20-36)78(69,70)62(31-34-15-21-37(71-8)22-16-34)32-35-17-23-38(72-9)24-18-35/h12-28,46H,11,29-33H2,1-10H3,(H,55,65)(H,56,57)(H,58,66). The number of hydrogen-bond donors (Lipinski definition) is 3.